The number of thiophene rings is 1. The maximum atomic E-state index is 14.3. The van der Waals surface area contributed by atoms with E-state index in [-0.39, 0.29) is 40.1 Å². The van der Waals surface area contributed by atoms with Gasteiger partial charge in [0.15, 0.2) is 5.78 Å². The fourth-order valence-corrected chi connectivity index (χ4v) is 6.58. The fraction of sp³-hybridized carbons (Fsp3) is 0.667. The molecule has 0 bridgehead atoms. The Morgan fingerprint density at radius 2 is 1.95 bits per heavy atom. The van der Waals surface area contributed by atoms with E-state index in [2.05, 4.69) is 37.1 Å². The van der Waals surface area contributed by atoms with Crippen LogP contribution in [-0.4, -0.2) is 47.8 Å². The van der Waals surface area contributed by atoms with Crippen molar-refractivity contribution in [1.29, 1.82) is 0 Å². The molecule has 1 aromatic heterocycles. The van der Waals surface area contributed by atoms with E-state index < -0.39 is 11.5 Å². The first-order chi connectivity index (χ1) is 17.5. The molecular formula is C30H41NO5S. The number of carboxylic acid groups (broad SMARTS) is 1. The first-order valence-corrected chi connectivity index (χ1v) is 14.4. The van der Waals surface area contributed by atoms with Crippen molar-refractivity contribution in [3.8, 4) is 11.8 Å². The molecule has 3 aliphatic rings. The van der Waals surface area contributed by atoms with E-state index in [1.54, 1.807) is 0 Å². The Bertz CT molecular complexity index is 1090. The molecule has 0 radical (unpaired) electrons. The number of carbonyl (C=O) groups excluding carboxylic acids is 1. The van der Waals surface area contributed by atoms with Gasteiger partial charge in [-0.2, -0.15) is 0 Å². The number of ether oxygens (including phenoxy) is 2. The van der Waals surface area contributed by atoms with Gasteiger partial charge in [0.2, 0.25) is 0 Å². The zero-order valence-corrected chi connectivity index (χ0v) is 23.6. The average molecular weight is 528 g/mol. The van der Waals surface area contributed by atoms with E-state index >= 15 is 0 Å². The quantitative estimate of drug-likeness (QED) is 0.320. The summed E-state index contributed by atoms with van der Waals surface area (Å²) in [5, 5.41) is 13.5. The van der Waals surface area contributed by atoms with E-state index in [4.69, 9.17) is 9.47 Å². The summed E-state index contributed by atoms with van der Waals surface area (Å²) in [4.78, 5) is 27.4. The molecule has 3 atom stereocenters. The molecule has 0 spiro atoms. The zero-order chi connectivity index (χ0) is 26.8. The number of rotatable bonds is 7. The Hall–Kier alpha value is -2.14. The lowest BCUT2D eigenvalue weighted by Gasteiger charge is -2.44. The van der Waals surface area contributed by atoms with E-state index in [0.29, 0.717) is 30.0 Å². The molecule has 4 rings (SSSR count). The summed E-state index contributed by atoms with van der Waals surface area (Å²) in [6.07, 6.45) is 7.75. The predicted octanol–water partition coefficient (Wildman–Crippen LogP) is 6.30. The summed E-state index contributed by atoms with van der Waals surface area (Å²) in [6.45, 7) is 11.7. The Morgan fingerprint density at radius 3 is 2.54 bits per heavy atom. The minimum Gasteiger partial charge on any atom is -0.477 e. The third kappa shape index (κ3) is 6.85. The Morgan fingerprint density at radius 1 is 1.22 bits per heavy atom. The third-order valence-corrected chi connectivity index (χ3v) is 8.82. The highest BCUT2D eigenvalue weighted by molar-refractivity contribution is 7.15. The first-order valence-electron chi connectivity index (χ1n) is 13.6. The second-order valence-corrected chi connectivity index (χ2v) is 13.2. The molecule has 1 aromatic rings. The van der Waals surface area contributed by atoms with Gasteiger partial charge in [0.1, 0.15) is 4.88 Å². The molecule has 0 amide bonds. The van der Waals surface area contributed by atoms with Gasteiger partial charge in [-0.05, 0) is 84.6 Å². The van der Waals surface area contributed by atoms with Crippen LogP contribution in [0.5, 0.6) is 0 Å². The van der Waals surface area contributed by atoms with Crippen molar-refractivity contribution in [3.63, 3.8) is 0 Å². The molecule has 2 aliphatic carbocycles. The monoisotopic (exact) mass is 527 g/mol. The van der Waals surface area contributed by atoms with Crippen LogP contribution in [0.3, 0.4) is 0 Å². The zero-order valence-electron chi connectivity index (χ0n) is 22.8. The van der Waals surface area contributed by atoms with Crippen LogP contribution >= 0.6 is 11.3 Å². The first kappa shape index (κ1) is 27.9. The van der Waals surface area contributed by atoms with Crippen molar-refractivity contribution < 1.29 is 24.2 Å². The fourth-order valence-electron chi connectivity index (χ4n) is 5.77. The molecule has 1 aliphatic heterocycles. The van der Waals surface area contributed by atoms with Gasteiger partial charge in [0.25, 0.3) is 0 Å². The third-order valence-electron chi connectivity index (χ3n) is 7.78. The van der Waals surface area contributed by atoms with Crippen molar-refractivity contribution in [1.82, 2.24) is 0 Å². The van der Waals surface area contributed by atoms with Gasteiger partial charge >= 0.3 is 5.97 Å². The van der Waals surface area contributed by atoms with Crippen LogP contribution in [0.2, 0.25) is 0 Å². The number of carbonyl (C=O) groups is 2. The number of hydrogen-bond donors (Lipinski definition) is 2. The number of Topliss-reactive ketones (excluding diaryl/α,β-unsaturated/α-hetero) is 1. The lowest BCUT2D eigenvalue weighted by Crippen LogP contribution is -2.54. The molecule has 2 fully saturated rings. The van der Waals surface area contributed by atoms with Gasteiger partial charge < -0.3 is 19.9 Å². The van der Waals surface area contributed by atoms with Crippen LogP contribution in [-0.2, 0) is 14.3 Å². The molecule has 6 nitrogen and oxygen atoms in total. The molecule has 1 saturated carbocycles. The molecule has 2 N–H and O–H groups in total. The lowest BCUT2D eigenvalue weighted by atomic mass is 9.68. The number of allylic oxidation sites excluding steroid dienone is 2. The standard InChI is InChI=1S/C30H41NO5S/c1-19-6-7-24(20(2)16-19)27(32)30(13-8-21(9-14-30)36-22-11-15-35-18-22)31-25-17-23(10-12-29(3,4)5)37-26(25)28(33)34/h6,17,20-22,24,31H,7-9,11,13-16,18H2,1-5H3,(H,33,34)/t20-,21?,22+,24?,30?/m0/s1. The maximum absolute atomic E-state index is 14.3. The average Bonchev–Trinajstić information content (AvgIpc) is 3.48. The number of nitrogens with one attached hydrogen (secondary N) is 1. The van der Waals surface area contributed by atoms with Gasteiger partial charge in [-0.1, -0.05) is 30.4 Å². The normalized spacial score (nSPS) is 30.2. The number of hydrogen-bond acceptors (Lipinski definition) is 6. The minimum atomic E-state index is -0.998. The van der Waals surface area contributed by atoms with Crippen LogP contribution in [0.4, 0.5) is 5.69 Å². The number of anilines is 1. The van der Waals surface area contributed by atoms with E-state index in [0.717, 1.165) is 38.7 Å². The SMILES string of the molecule is CC1=CCC(C(=O)C2(Nc3cc(C#CC(C)(C)C)sc3C(=O)O)CCC(O[C@@H]3CCOC3)CC2)[C@@H](C)C1. The number of carboxylic acids is 1. The summed E-state index contributed by atoms with van der Waals surface area (Å²) < 4.78 is 11.8. The van der Waals surface area contributed by atoms with Gasteiger partial charge in [0, 0.05) is 17.9 Å². The second-order valence-electron chi connectivity index (χ2n) is 12.1. The molecule has 0 aromatic carbocycles. The Balaban J connectivity index is 1.62. The van der Waals surface area contributed by atoms with Crippen LogP contribution in [0.25, 0.3) is 0 Å². The van der Waals surface area contributed by atoms with Crippen molar-refractivity contribution in [2.24, 2.45) is 17.3 Å². The Labute approximate surface area is 225 Å². The molecule has 2 heterocycles. The lowest BCUT2D eigenvalue weighted by molar-refractivity contribution is -0.131. The van der Waals surface area contributed by atoms with Crippen molar-refractivity contribution >= 4 is 28.8 Å². The smallest absolute Gasteiger partial charge is 0.348 e. The molecule has 37 heavy (non-hydrogen) atoms. The van der Waals surface area contributed by atoms with Gasteiger partial charge in [-0.25, -0.2) is 4.79 Å². The highest BCUT2D eigenvalue weighted by atomic mass is 32.1. The number of aromatic carboxylic acids is 1. The van der Waals surface area contributed by atoms with Crippen molar-refractivity contribution in [2.75, 3.05) is 18.5 Å². The van der Waals surface area contributed by atoms with E-state index in [9.17, 15) is 14.7 Å². The van der Waals surface area contributed by atoms with Gasteiger partial charge in [0.05, 0.1) is 34.9 Å². The minimum absolute atomic E-state index is 0.0797. The summed E-state index contributed by atoms with van der Waals surface area (Å²) in [5.74, 6) is 5.72. The molecule has 202 valence electrons. The molecule has 1 unspecified atom stereocenters. The van der Waals surface area contributed by atoms with Crippen LogP contribution in [0, 0.1) is 29.1 Å². The molecule has 1 saturated heterocycles. The van der Waals surface area contributed by atoms with Gasteiger partial charge in [-0.3, -0.25) is 4.79 Å². The topological polar surface area (TPSA) is 84.9 Å². The van der Waals surface area contributed by atoms with E-state index in [1.807, 2.05) is 26.8 Å². The largest absolute Gasteiger partial charge is 0.477 e. The predicted molar refractivity (Wildman–Crippen MR) is 147 cm³/mol. The van der Waals surface area contributed by atoms with E-state index in [1.165, 1.54) is 16.9 Å². The van der Waals surface area contributed by atoms with Crippen LogP contribution < -0.4 is 5.32 Å². The van der Waals surface area contributed by atoms with Gasteiger partial charge in [-0.15, -0.1) is 11.3 Å². The summed E-state index contributed by atoms with van der Waals surface area (Å²) >= 11 is 1.17. The number of ketones is 1. The maximum Gasteiger partial charge on any atom is 0.348 e. The summed E-state index contributed by atoms with van der Waals surface area (Å²) in [6, 6.07) is 1.81. The highest BCUT2D eigenvalue weighted by Crippen LogP contribution is 2.42. The van der Waals surface area contributed by atoms with Crippen LogP contribution in [0.1, 0.15) is 94.1 Å². The highest BCUT2D eigenvalue weighted by Gasteiger charge is 2.47. The molecular weight excluding hydrogens is 486 g/mol. The second kappa shape index (κ2) is 11.3. The summed E-state index contributed by atoms with van der Waals surface area (Å²) in [5.41, 5.74) is 0.832. The Kier molecular flexibility index (Phi) is 8.52. The van der Waals surface area contributed by atoms with Crippen molar-refractivity contribution in [2.45, 2.75) is 97.3 Å². The molecule has 7 heteroatoms. The summed E-state index contributed by atoms with van der Waals surface area (Å²) in [7, 11) is 0. The van der Waals surface area contributed by atoms with Crippen molar-refractivity contribution in [3.05, 3.63) is 27.5 Å². The van der Waals surface area contributed by atoms with Crippen LogP contribution in [0.15, 0.2) is 17.7 Å².